The van der Waals surface area contributed by atoms with Gasteiger partial charge in [-0.1, -0.05) is 29.3 Å². The molecule has 0 aromatic carbocycles. The van der Waals surface area contributed by atoms with Gasteiger partial charge in [-0.2, -0.15) is 10.2 Å². The van der Waals surface area contributed by atoms with Crippen molar-refractivity contribution in [1.29, 1.82) is 0 Å². The van der Waals surface area contributed by atoms with E-state index in [1.807, 2.05) is 18.2 Å². The molecule has 0 saturated heterocycles. The minimum Gasteiger partial charge on any atom is -0.221 e. The predicted octanol–water partition coefficient (Wildman–Crippen LogP) is 2.76. The van der Waals surface area contributed by atoms with Crippen LogP contribution in [-0.2, 0) is 0 Å². The van der Waals surface area contributed by atoms with E-state index in [9.17, 15) is 0 Å². The van der Waals surface area contributed by atoms with Gasteiger partial charge in [0.1, 0.15) is 0 Å². The molecule has 0 amide bonds. The molecule has 5 nitrogen and oxygen atoms in total. The highest BCUT2D eigenvalue weighted by Gasteiger charge is 2.04. The Kier molecular flexibility index (Phi) is 2.77. The van der Waals surface area contributed by atoms with Gasteiger partial charge in [0.05, 0.1) is 34.8 Å². The Morgan fingerprint density at radius 1 is 0.833 bits per heavy atom. The number of hydrogen-bond acceptors (Lipinski definition) is 3. The van der Waals surface area contributed by atoms with E-state index in [-0.39, 0.29) is 0 Å². The molecule has 0 atom stereocenters. The van der Waals surface area contributed by atoms with Crippen molar-refractivity contribution < 1.29 is 0 Å². The van der Waals surface area contributed by atoms with Crippen LogP contribution in [0, 0.1) is 0 Å². The lowest BCUT2D eigenvalue weighted by atomic mass is 10.4. The van der Waals surface area contributed by atoms with Crippen LogP contribution in [0.5, 0.6) is 0 Å². The molecule has 0 unspecified atom stereocenters. The van der Waals surface area contributed by atoms with E-state index >= 15 is 0 Å². The summed E-state index contributed by atoms with van der Waals surface area (Å²) in [6, 6.07) is 5.53. The molecule has 3 aromatic rings. The van der Waals surface area contributed by atoms with Gasteiger partial charge in [0.25, 0.3) is 0 Å². The Morgan fingerprint density at radius 3 is 1.72 bits per heavy atom. The standard InChI is InChI=1S/C11H7Cl2N5/c12-8-4-14-17(6-8)10-2-1-3-11(16-10)18-7-9(13)5-15-18/h1-7H. The Balaban J connectivity index is 2.04. The number of halogens is 2. The number of rotatable bonds is 2. The zero-order valence-corrected chi connectivity index (χ0v) is 10.5. The van der Waals surface area contributed by atoms with Crippen molar-refractivity contribution in [3.8, 4) is 11.6 Å². The maximum atomic E-state index is 5.82. The number of aromatic nitrogens is 5. The molecule has 3 heterocycles. The van der Waals surface area contributed by atoms with Crippen LogP contribution in [0.2, 0.25) is 10.0 Å². The van der Waals surface area contributed by atoms with E-state index in [2.05, 4.69) is 15.2 Å². The lowest BCUT2D eigenvalue weighted by Gasteiger charge is -2.03. The maximum absolute atomic E-state index is 5.82. The van der Waals surface area contributed by atoms with Gasteiger partial charge in [-0.15, -0.1) is 0 Å². The fourth-order valence-electron chi connectivity index (χ4n) is 1.52. The molecule has 7 heteroatoms. The topological polar surface area (TPSA) is 48.5 Å². The highest BCUT2D eigenvalue weighted by atomic mass is 35.5. The van der Waals surface area contributed by atoms with Gasteiger partial charge in [-0.25, -0.2) is 14.3 Å². The molecule has 0 bridgehead atoms. The Bertz CT molecular complexity index is 633. The van der Waals surface area contributed by atoms with Crippen LogP contribution in [-0.4, -0.2) is 24.5 Å². The van der Waals surface area contributed by atoms with Crippen molar-refractivity contribution in [1.82, 2.24) is 24.5 Å². The van der Waals surface area contributed by atoms with Crippen molar-refractivity contribution in [2.24, 2.45) is 0 Å². The van der Waals surface area contributed by atoms with Crippen molar-refractivity contribution >= 4 is 23.2 Å². The minimum atomic E-state index is 0.560. The molecule has 0 fully saturated rings. The third kappa shape index (κ3) is 2.10. The van der Waals surface area contributed by atoms with Crippen LogP contribution in [0.15, 0.2) is 43.0 Å². The lowest BCUT2D eigenvalue weighted by Crippen LogP contribution is -2.03. The lowest BCUT2D eigenvalue weighted by molar-refractivity contribution is 0.803. The fourth-order valence-corrected chi connectivity index (χ4v) is 1.79. The zero-order chi connectivity index (χ0) is 12.5. The molecule has 90 valence electrons. The molecule has 0 saturated carbocycles. The van der Waals surface area contributed by atoms with Crippen molar-refractivity contribution in [3.63, 3.8) is 0 Å². The van der Waals surface area contributed by atoms with Crippen LogP contribution >= 0.6 is 23.2 Å². The van der Waals surface area contributed by atoms with E-state index in [4.69, 9.17) is 23.2 Å². The van der Waals surface area contributed by atoms with Crippen molar-refractivity contribution in [2.45, 2.75) is 0 Å². The van der Waals surface area contributed by atoms with Crippen LogP contribution in [0.25, 0.3) is 11.6 Å². The van der Waals surface area contributed by atoms with E-state index in [1.54, 1.807) is 34.2 Å². The van der Waals surface area contributed by atoms with Crippen LogP contribution in [0.3, 0.4) is 0 Å². The first-order valence-corrected chi connectivity index (χ1v) is 5.86. The molecule has 3 rings (SSSR count). The molecule has 0 aliphatic rings. The second-order valence-corrected chi connectivity index (χ2v) is 4.43. The van der Waals surface area contributed by atoms with Gasteiger partial charge in [-0.3, -0.25) is 0 Å². The van der Waals surface area contributed by atoms with E-state index < -0.39 is 0 Å². The zero-order valence-electron chi connectivity index (χ0n) is 9.03. The summed E-state index contributed by atoms with van der Waals surface area (Å²) in [7, 11) is 0. The molecular formula is C11H7Cl2N5. The normalized spacial score (nSPS) is 10.8. The molecular weight excluding hydrogens is 273 g/mol. The van der Waals surface area contributed by atoms with Gasteiger partial charge < -0.3 is 0 Å². The van der Waals surface area contributed by atoms with Crippen molar-refractivity contribution in [2.75, 3.05) is 0 Å². The highest BCUT2D eigenvalue weighted by Crippen LogP contribution is 2.13. The first-order valence-electron chi connectivity index (χ1n) is 5.10. The average Bonchev–Trinajstić information content (AvgIpc) is 2.98. The Hall–Kier alpha value is -1.85. The largest absolute Gasteiger partial charge is 0.221 e. The molecule has 18 heavy (non-hydrogen) atoms. The van der Waals surface area contributed by atoms with Gasteiger partial charge >= 0.3 is 0 Å². The first-order chi connectivity index (χ1) is 8.72. The number of pyridine rings is 1. The van der Waals surface area contributed by atoms with Gasteiger partial charge in [0, 0.05) is 0 Å². The summed E-state index contributed by atoms with van der Waals surface area (Å²) >= 11 is 11.6. The summed E-state index contributed by atoms with van der Waals surface area (Å²) in [6.07, 6.45) is 6.48. The van der Waals surface area contributed by atoms with Gasteiger partial charge in [0.2, 0.25) is 0 Å². The molecule has 3 aromatic heterocycles. The maximum Gasteiger partial charge on any atom is 0.155 e. The Morgan fingerprint density at radius 2 is 1.33 bits per heavy atom. The molecule has 0 aliphatic carbocycles. The number of hydrogen-bond donors (Lipinski definition) is 0. The van der Waals surface area contributed by atoms with Crippen LogP contribution in [0.4, 0.5) is 0 Å². The molecule has 0 aliphatic heterocycles. The summed E-state index contributed by atoms with van der Waals surface area (Å²) in [5, 5.41) is 9.30. The van der Waals surface area contributed by atoms with Gasteiger partial charge in [0.15, 0.2) is 11.6 Å². The highest BCUT2D eigenvalue weighted by molar-refractivity contribution is 6.30. The van der Waals surface area contributed by atoms with Gasteiger partial charge in [-0.05, 0) is 12.1 Å². The number of nitrogens with zero attached hydrogens (tertiary/aromatic N) is 5. The SMILES string of the molecule is Clc1cnn(-c2cccc(-n3cc(Cl)cn3)n2)c1. The summed E-state index contributed by atoms with van der Waals surface area (Å²) in [5.41, 5.74) is 0. The average molecular weight is 280 g/mol. The molecule has 0 spiro atoms. The van der Waals surface area contributed by atoms with E-state index in [0.717, 1.165) is 0 Å². The third-order valence-electron chi connectivity index (χ3n) is 2.29. The summed E-state index contributed by atoms with van der Waals surface area (Å²) in [6.45, 7) is 0. The van der Waals surface area contributed by atoms with E-state index in [1.165, 1.54) is 0 Å². The summed E-state index contributed by atoms with van der Waals surface area (Å²) in [4.78, 5) is 4.42. The van der Waals surface area contributed by atoms with Crippen LogP contribution < -0.4 is 0 Å². The van der Waals surface area contributed by atoms with Crippen molar-refractivity contribution in [3.05, 3.63) is 53.0 Å². The summed E-state index contributed by atoms with van der Waals surface area (Å²) < 4.78 is 3.19. The third-order valence-corrected chi connectivity index (χ3v) is 2.68. The smallest absolute Gasteiger partial charge is 0.155 e. The van der Waals surface area contributed by atoms with Crippen LogP contribution in [0.1, 0.15) is 0 Å². The fraction of sp³-hybridized carbons (Fsp3) is 0. The molecule has 0 N–H and O–H groups in total. The van der Waals surface area contributed by atoms with E-state index in [0.29, 0.717) is 21.7 Å². The molecule has 0 radical (unpaired) electrons. The predicted molar refractivity (Wildman–Crippen MR) is 68.5 cm³/mol. The monoisotopic (exact) mass is 279 g/mol. The first kappa shape index (κ1) is 11.3. The Labute approximate surface area is 113 Å². The summed E-state index contributed by atoms with van der Waals surface area (Å²) in [5.74, 6) is 1.32. The minimum absolute atomic E-state index is 0.560. The quantitative estimate of drug-likeness (QED) is 0.725. The second-order valence-electron chi connectivity index (χ2n) is 3.56. The second kappa shape index (κ2) is 4.44.